The number of Topliss-reactive ketones (excluding diaryl/α,β-unsaturated/α-hetero) is 1. The van der Waals surface area contributed by atoms with Gasteiger partial charge in [-0.15, -0.1) is 0 Å². The van der Waals surface area contributed by atoms with Crippen molar-refractivity contribution in [3.8, 4) is 0 Å². The van der Waals surface area contributed by atoms with Gasteiger partial charge in [0, 0.05) is 29.9 Å². The quantitative estimate of drug-likeness (QED) is 0.904. The van der Waals surface area contributed by atoms with Crippen molar-refractivity contribution in [1.29, 1.82) is 0 Å². The molecule has 0 bridgehead atoms. The van der Waals surface area contributed by atoms with E-state index in [4.69, 9.17) is 0 Å². The zero-order chi connectivity index (χ0) is 11.5. The van der Waals surface area contributed by atoms with E-state index in [9.17, 15) is 9.18 Å². The molecule has 0 radical (unpaired) electrons. The van der Waals surface area contributed by atoms with Crippen LogP contribution in [0, 0.1) is 11.7 Å². The highest BCUT2D eigenvalue weighted by Gasteiger charge is 2.22. The van der Waals surface area contributed by atoms with Crippen LogP contribution in [-0.4, -0.2) is 18.9 Å². The summed E-state index contributed by atoms with van der Waals surface area (Å²) in [6.07, 6.45) is 1.27. The molecule has 1 saturated heterocycles. The molecule has 1 heterocycles. The van der Waals surface area contributed by atoms with Crippen molar-refractivity contribution < 1.29 is 9.18 Å². The predicted octanol–water partition coefficient (Wildman–Crippen LogP) is 2.31. The van der Waals surface area contributed by atoms with Crippen molar-refractivity contribution in [3.63, 3.8) is 0 Å². The Morgan fingerprint density at radius 2 is 2.31 bits per heavy atom. The average molecular weight is 286 g/mol. The number of halogens is 2. The third-order valence-corrected chi connectivity index (χ3v) is 3.61. The fraction of sp³-hybridized carbons (Fsp3) is 0.417. The molecule has 1 aromatic rings. The van der Waals surface area contributed by atoms with Crippen molar-refractivity contribution >= 4 is 21.7 Å². The van der Waals surface area contributed by atoms with Crippen LogP contribution in [0.25, 0.3) is 0 Å². The van der Waals surface area contributed by atoms with Crippen LogP contribution in [0.3, 0.4) is 0 Å². The van der Waals surface area contributed by atoms with Gasteiger partial charge in [-0.2, -0.15) is 0 Å². The standard InChI is InChI=1S/C12H13BrFNO/c13-11-6-10(14)2-1-8(11)5-9-7-15-4-3-12(9)16/h1-2,6,9,15H,3-5,7H2. The minimum atomic E-state index is -0.260. The lowest BCUT2D eigenvalue weighted by Gasteiger charge is -2.22. The molecule has 1 atom stereocenters. The molecule has 1 unspecified atom stereocenters. The first-order chi connectivity index (χ1) is 7.66. The van der Waals surface area contributed by atoms with Gasteiger partial charge >= 0.3 is 0 Å². The Kier molecular flexibility index (Phi) is 3.71. The lowest BCUT2D eigenvalue weighted by molar-refractivity contribution is -0.123. The molecule has 1 N–H and O–H groups in total. The average Bonchev–Trinajstić information content (AvgIpc) is 2.25. The van der Waals surface area contributed by atoms with Gasteiger partial charge in [-0.3, -0.25) is 4.79 Å². The van der Waals surface area contributed by atoms with Gasteiger partial charge in [0.1, 0.15) is 11.6 Å². The van der Waals surface area contributed by atoms with Crippen LogP contribution >= 0.6 is 15.9 Å². The molecule has 2 nitrogen and oxygen atoms in total. The Morgan fingerprint density at radius 3 is 3.00 bits per heavy atom. The number of piperidine rings is 1. The van der Waals surface area contributed by atoms with E-state index in [-0.39, 0.29) is 11.7 Å². The Bertz CT molecular complexity index is 408. The number of hydrogen-bond donors (Lipinski definition) is 1. The summed E-state index contributed by atoms with van der Waals surface area (Å²) in [6, 6.07) is 4.61. The van der Waals surface area contributed by atoms with Crippen molar-refractivity contribution in [2.45, 2.75) is 12.8 Å². The molecule has 86 valence electrons. The molecule has 16 heavy (non-hydrogen) atoms. The number of rotatable bonds is 2. The van der Waals surface area contributed by atoms with Crippen molar-refractivity contribution in [2.75, 3.05) is 13.1 Å². The fourth-order valence-electron chi connectivity index (χ4n) is 1.94. The Hall–Kier alpha value is -0.740. The number of benzene rings is 1. The number of carbonyl (C=O) groups is 1. The van der Waals surface area contributed by atoms with Crippen molar-refractivity contribution in [2.24, 2.45) is 5.92 Å². The number of carbonyl (C=O) groups excluding carboxylic acids is 1. The maximum absolute atomic E-state index is 12.9. The van der Waals surface area contributed by atoms with Gasteiger partial charge in [0.05, 0.1) is 0 Å². The van der Waals surface area contributed by atoms with Gasteiger partial charge in [0.2, 0.25) is 0 Å². The topological polar surface area (TPSA) is 29.1 Å². The third-order valence-electron chi connectivity index (χ3n) is 2.88. The normalized spacial score (nSPS) is 21.1. The molecule has 1 aliphatic heterocycles. The fourth-order valence-corrected chi connectivity index (χ4v) is 2.46. The van der Waals surface area contributed by atoms with E-state index in [1.807, 2.05) is 0 Å². The van der Waals surface area contributed by atoms with Crippen molar-refractivity contribution in [3.05, 3.63) is 34.1 Å². The molecule has 0 aliphatic carbocycles. The van der Waals surface area contributed by atoms with E-state index in [2.05, 4.69) is 21.2 Å². The molecule has 1 aliphatic rings. The minimum absolute atomic E-state index is 0.0236. The molecule has 0 amide bonds. The summed E-state index contributed by atoms with van der Waals surface area (Å²) in [5.41, 5.74) is 0.989. The van der Waals surface area contributed by atoms with Gasteiger partial charge in [0.25, 0.3) is 0 Å². The van der Waals surface area contributed by atoms with Crippen LogP contribution in [0.15, 0.2) is 22.7 Å². The van der Waals surface area contributed by atoms with E-state index >= 15 is 0 Å². The van der Waals surface area contributed by atoms with Gasteiger partial charge in [0.15, 0.2) is 0 Å². The molecule has 1 aromatic carbocycles. The maximum atomic E-state index is 12.9. The van der Waals surface area contributed by atoms with E-state index < -0.39 is 0 Å². The number of ketones is 1. The van der Waals surface area contributed by atoms with Crippen LogP contribution in [-0.2, 0) is 11.2 Å². The first-order valence-electron chi connectivity index (χ1n) is 5.34. The summed E-state index contributed by atoms with van der Waals surface area (Å²) in [4.78, 5) is 11.6. The monoisotopic (exact) mass is 285 g/mol. The lowest BCUT2D eigenvalue weighted by Crippen LogP contribution is -2.38. The first kappa shape index (κ1) is 11.7. The van der Waals surface area contributed by atoms with Crippen LogP contribution in [0.5, 0.6) is 0 Å². The summed E-state index contributed by atoms with van der Waals surface area (Å²) in [5, 5.41) is 3.21. The number of hydrogen-bond acceptors (Lipinski definition) is 2. The second kappa shape index (κ2) is 5.06. The zero-order valence-electron chi connectivity index (χ0n) is 8.80. The summed E-state index contributed by atoms with van der Waals surface area (Å²) < 4.78 is 13.6. The molecule has 0 spiro atoms. The second-order valence-corrected chi connectivity index (χ2v) is 4.91. The molecule has 1 fully saturated rings. The molecule has 0 saturated carbocycles. The van der Waals surface area contributed by atoms with Crippen LogP contribution in [0.2, 0.25) is 0 Å². The van der Waals surface area contributed by atoms with E-state index in [1.165, 1.54) is 12.1 Å². The first-order valence-corrected chi connectivity index (χ1v) is 6.13. The molecule has 4 heteroatoms. The Labute approximate surface area is 102 Å². The van der Waals surface area contributed by atoms with E-state index in [1.54, 1.807) is 6.07 Å². The van der Waals surface area contributed by atoms with E-state index in [0.717, 1.165) is 23.1 Å². The van der Waals surface area contributed by atoms with Gasteiger partial charge in [-0.05, 0) is 24.1 Å². The lowest BCUT2D eigenvalue weighted by atomic mass is 9.91. The summed E-state index contributed by atoms with van der Waals surface area (Å²) in [6.45, 7) is 1.50. The maximum Gasteiger partial charge on any atom is 0.138 e. The highest BCUT2D eigenvalue weighted by Crippen LogP contribution is 2.22. The Morgan fingerprint density at radius 1 is 1.50 bits per heavy atom. The summed E-state index contributed by atoms with van der Waals surface area (Å²) in [5.74, 6) is 0.0641. The van der Waals surface area contributed by atoms with Gasteiger partial charge in [-0.1, -0.05) is 22.0 Å². The van der Waals surface area contributed by atoms with Crippen LogP contribution in [0.4, 0.5) is 4.39 Å². The SMILES string of the molecule is O=C1CCNCC1Cc1ccc(F)cc1Br. The summed E-state index contributed by atoms with van der Waals surface area (Å²) in [7, 11) is 0. The van der Waals surface area contributed by atoms with Gasteiger partial charge < -0.3 is 5.32 Å². The predicted molar refractivity (Wildman–Crippen MR) is 63.8 cm³/mol. The highest BCUT2D eigenvalue weighted by atomic mass is 79.9. The third kappa shape index (κ3) is 2.68. The largest absolute Gasteiger partial charge is 0.316 e. The minimum Gasteiger partial charge on any atom is -0.316 e. The Balaban J connectivity index is 2.10. The van der Waals surface area contributed by atoms with Crippen LogP contribution < -0.4 is 5.32 Å². The molecule has 0 aromatic heterocycles. The molecular formula is C12H13BrFNO. The van der Waals surface area contributed by atoms with E-state index in [0.29, 0.717) is 18.6 Å². The van der Waals surface area contributed by atoms with Crippen molar-refractivity contribution in [1.82, 2.24) is 5.32 Å². The van der Waals surface area contributed by atoms with Gasteiger partial charge in [-0.25, -0.2) is 4.39 Å². The zero-order valence-corrected chi connectivity index (χ0v) is 10.4. The molecule has 2 rings (SSSR count). The highest BCUT2D eigenvalue weighted by molar-refractivity contribution is 9.10. The summed E-state index contributed by atoms with van der Waals surface area (Å²) >= 11 is 3.32. The molecular weight excluding hydrogens is 273 g/mol. The smallest absolute Gasteiger partial charge is 0.138 e. The van der Waals surface area contributed by atoms with Crippen LogP contribution in [0.1, 0.15) is 12.0 Å². The second-order valence-electron chi connectivity index (χ2n) is 4.06. The number of nitrogens with one attached hydrogen (secondary N) is 1.